The fraction of sp³-hybridized carbons (Fsp3) is 0.250. The Morgan fingerprint density at radius 3 is 2.73 bits per heavy atom. The molecule has 0 aliphatic heterocycles. The molecular weight excluding hydrogens is 300 g/mol. The molecule has 5 nitrogen and oxygen atoms in total. The van der Waals surface area contributed by atoms with E-state index in [4.69, 9.17) is 9.47 Å². The Morgan fingerprint density at radius 1 is 1.18 bits per heavy atom. The molecule has 0 atom stereocenters. The number of benzene rings is 1. The lowest BCUT2D eigenvalue weighted by molar-refractivity contribution is 0.300. The third-order valence-electron chi connectivity index (χ3n) is 3.32. The van der Waals surface area contributed by atoms with Crippen LogP contribution in [0.4, 0.5) is 0 Å². The van der Waals surface area contributed by atoms with Gasteiger partial charge in [-0.05, 0) is 42.1 Å². The van der Waals surface area contributed by atoms with Crippen molar-refractivity contribution in [1.82, 2.24) is 9.55 Å². The Balaban J connectivity index is 1.55. The lowest BCUT2D eigenvalue weighted by Gasteiger charge is -2.08. The fourth-order valence-corrected chi connectivity index (χ4v) is 2.87. The zero-order valence-corrected chi connectivity index (χ0v) is 13.0. The summed E-state index contributed by atoms with van der Waals surface area (Å²) in [5.74, 6) is 1.59. The van der Waals surface area contributed by atoms with Crippen molar-refractivity contribution in [3.05, 3.63) is 52.4 Å². The van der Waals surface area contributed by atoms with Crippen LogP contribution in [0.1, 0.15) is 6.42 Å². The van der Waals surface area contributed by atoms with Gasteiger partial charge in [0.25, 0.3) is 5.56 Å². The van der Waals surface area contributed by atoms with Gasteiger partial charge in [-0.15, -0.1) is 11.3 Å². The first-order chi connectivity index (χ1) is 10.8. The smallest absolute Gasteiger partial charge is 0.262 e. The van der Waals surface area contributed by atoms with E-state index in [0.717, 1.165) is 22.8 Å². The molecule has 6 heteroatoms. The average molecular weight is 316 g/mol. The molecule has 0 aliphatic carbocycles. The van der Waals surface area contributed by atoms with Crippen LogP contribution < -0.4 is 15.0 Å². The Kier molecular flexibility index (Phi) is 4.39. The molecule has 0 saturated heterocycles. The highest BCUT2D eigenvalue weighted by molar-refractivity contribution is 7.16. The molecule has 0 fully saturated rings. The van der Waals surface area contributed by atoms with E-state index in [9.17, 15) is 4.79 Å². The van der Waals surface area contributed by atoms with Gasteiger partial charge in [-0.25, -0.2) is 4.98 Å². The Labute approximate surface area is 131 Å². The molecule has 3 rings (SSSR count). The number of fused-ring (bicyclic) bond motifs is 1. The molecule has 0 N–H and O–H groups in total. The van der Waals surface area contributed by atoms with E-state index >= 15 is 0 Å². The van der Waals surface area contributed by atoms with Gasteiger partial charge in [-0.3, -0.25) is 9.36 Å². The number of hydrogen-bond donors (Lipinski definition) is 0. The van der Waals surface area contributed by atoms with Crippen molar-refractivity contribution in [1.29, 1.82) is 0 Å². The molecule has 22 heavy (non-hydrogen) atoms. The number of aryl methyl sites for hydroxylation is 1. The summed E-state index contributed by atoms with van der Waals surface area (Å²) in [7, 11) is 1.63. The van der Waals surface area contributed by atoms with Gasteiger partial charge in [0.1, 0.15) is 16.3 Å². The normalized spacial score (nSPS) is 10.8. The van der Waals surface area contributed by atoms with E-state index in [1.807, 2.05) is 35.7 Å². The van der Waals surface area contributed by atoms with E-state index in [1.54, 1.807) is 18.0 Å². The number of nitrogens with zero attached hydrogens (tertiary/aromatic N) is 2. The van der Waals surface area contributed by atoms with Crippen LogP contribution in [-0.4, -0.2) is 23.3 Å². The standard InChI is InChI=1S/C16H16N2O3S/c1-20-12-3-5-13(6-4-12)21-9-2-8-18-11-17-15-14(16(18)19)7-10-22-15/h3-7,10-11H,2,8-9H2,1H3. The van der Waals surface area contributed by atoms with Crippen LogP contribution in [-0.2, 0) is 6.54 Å². The number of thiophene rings is 1. The minimum atomic E-state index is 0.00991. The molecule has 0 aliphatic rings. The number of hydrogen-bond acceptors (Lipinski definition) is 5. The van der Waals surface area contributed by atoms with Crippen LogP contribution in [0, 0.1) is 0 Å². The first-order valence-electron chi connectivity index (χ1n) is 6.97. The quantitative estimate of drug-likeness (QED) is 0.656. The maximum atomic E-state index is 12.2. The first-order valence-corrected chi connectivity index (χ1v) is 7.85. The zero-order valence-electron chi connectivity index (χ0n) is 12.2. The predicted octanol–water partition coefficient (Wildman–Crippen LogP) is 2.94. The monoisotopic (exact) mass is 316 g/mol. The van der Waals surface area contributed by atoms with Gasteiger partial charge in [0, 0.05) is 6.54 Å². The van der Waals surface area contributed by atoms with Gasteiger partial charge < -0.3 is 9.47 Å². The van der Waals surface area contributed by atoms with E-state index in [0.29, 0.717) is 18.5 Å². The molecule has 2 heterocycles. The molecule has 0 unspecified atom stereocenters. The van der Waals surface area contributed by atoms with Crippen molar-refractivity contribution in [3.8, 4) is 11.5 Å². The van der Waals surface area contributed by atoms with Crippen LogP contribution in [0.25, 0.3) is 10.2 Å². The minimum absolute atomic E-state index is 0.00991. The summed E-state index contributed by atoms with van der Waals surface area (Å²) in [6, 6.07) is 9.26. The number of methoxy groups -OCH3 is 1. The Bertz CT molecular complexity index is 808. The van der Waals surface area contributed by atoms with Crippen LogP contribution in [0.2, 0.25) is 0 Å². The van der Waals surface area contributed by atoms with Crippen molar-refractivity contribution in [2.24, 2.45) is 0 Å². The number of rotatable bonds is 6. The maximum absolute atomic E-state index is 12.2. The third kappa shape index (κ3) is 3.12. The SMILES string of the molecule is COc1ccc(OCCCn2cnc3sccc3c2=O)cc1. The Morgan fingerprint density at radius 2 is 1.95 bits per heavy atom. The maximum Gasteiger partial charge on any atom is 0.262 e. The summed E-state index contributed by atoms with van der Waals surface area (Å²) < 4.78 is 12.4. The third-order valence-corrected chi connectivity index (χ3v) is 4.14. The zero-order chi connectivity index (χ0) is 15.4. The molecule has 2 aromatic heterocycles. The number of ether oxygens (including phenoxy) is 2. The second-order valence-corrected chi connectivity index (χ2v) is 5.65. The highest BCUT2D eigenvalue weighted by Gasteiger charge is 2.04. The molecular formula is C16H16N2O3S. The summed E-state index contributed by atoms with van der Waals surface area (Å²) in [6.45, 7) is 1.13. The van der Waals surface area contributed by atoms with Crippen molar-refractivity contribution >= 4 is 21.6 Å². The van der Waals surface area contributed by atoms with E-state index in [-0.39, 0.29) is 5.56 Å². The lowest BCUT2D eigenvalue weighted by Crippen LogP contribution is -2.20. The van der Waals surface area contributed by atoms with E-state index < -0.39 is 0 Å². The van der Waals surface area contributed by atoms with Gasteiger partial charge in [-0.1, -0.05) is 0 Å². The van der Waals surface area contributed by atoms with Crippen LogP contribution in [0.3, 0.4) is 0 Å². The van der Waals surface area contributed by atoms with Crippen molar-refractivity contribution in [3.63, 3.8) is 0 Å². The minimum Gasteiger partial charge on any atom is -0.497 e. The molecule has 0 saturated carbocycles. The van der Waals surface area contributed by atoms with E-state index in [1.165, 1.54) is 11.3 Å². The fourth-order valence-electron chi connectivity index (χ4n) is 2.15. The summed E-state index contributed by atoms with van der Waals surface area (Å²) in [5.41, 5.74) is 0.00991. The molecule has 114 valence electrons. The van der Waals surface area contributed by atoms with Gasteiger partial charge in [-0.2, -0.15) is 0 Å². The highest BCUT2D eigenvalue weighted by atomic mass is 32.1. The summed E-state index contributed by atoms with van der Waals surface area (Å²) in [5, 5.41) is 2.57. The van der Waals surface area contributed by atoms with Crippen LogP contribution in [0.15, 0.2) is 46.8 Å². The van der Waals surface area contributed by atoms with Gasteiger partial charge in [0.2, 0.25) is 0 Å². The summed E-state index contributed by atoms with van der Waals surface area (Å²) in [4.78, 5) is 17.3. The van der Waals surface area contributed by atoms with Crippen molar-refractivity contribution < 1.29 is 9.47 Å². The lowest BCUT2D eigenvalue weighted by atomic mass is 10.3. The largest absolute Gasteiger partial charge is 0.497 e. The summed E-state index contributed by atoms with van der Waals surface area (Å²) >= 11 is 1.48. The highest BCUT2D eigenvalue weighted by Crippen LogP contribution is 2.17. The van der Waals surface area contributed by atoms with Crippen LogP contribution >= 0.6 is 11.3 Å². The molecule has 0 spiro atoms. The molecule has 0 bridgehead atoms. The molecule has 0 radical (unpaired) electrons. The molecule has 0 amide bonds. The topological polar surface area (TPSA) is 53.4 Å². The van der Waals surface area contributed by atoms with Gasteiger partial charge in [0.15, 0.2) is 0 Å². The second kappa shape index (κ2) is 6.62. The summed E-state index contributed by atoms with van der Waals surface area (Å²) in [6.07, 6.45) is 2.35. The first kappa shape index (κ1) is 14.6. The molecule has 3 aromatic rings. The van der Waals surface area contributed by atoms with Crippen molar-refractivity contribution in [2.75, 3.05) is 13.7 Å². The Hall–Kier alpha value is -2.34. The predicted molar refractivity (Wildman–Crippen MR) is 87.0 cm³/mol. The average Bonchev–Trinajstić information content (AvgIpc) is 3.03. The van der Waals surface area contributed by atoms with Crippen molar-refractivity contribution in [2.45, 2.75) is 13.0 Å². The van der Waals surface area contributed by atoms with E-state index in [2.05, 4.69) is 4.98 Å². The second-order valence-electron chi connectivity index (χ2n) is 4.76. The van der Waals surface area contributed by atoms with Crippen LogP contribution in [0.5, 0.6) is 11.5 Å². The van der Waals surface area contributed by atoms with Gasteiger partial charge >= 0.3 is 0 Å². The number of aromatic nitrogens is 2. The van der Waals surface area contributed by atoms with Gasteiger partial charge in [0.05, 0.1) is 25.4 Å². The molecule has 1 aromatic carbocycles.